The Hall–Kier alpha value is -1.09. The molecule has 1 saturated heterocycles. The topological polar surface area (TPSA) is 34.0 Å². The zero-order chi connectivity index (χ0) is 11.7. The van der Waals surface area contributed by atoms with E-state index in [1.165, 1.54) is 6.42 Å². The molecular formula is C14H20N2O. The highest BCUT2D eigenvalue weighted by Gasteiger charge is 2.29. The zero-order valence-electron chi connectivity index (χ0n) is 10.2. The Bertz CT molecular complexity index is 400. The number of piperidine rings is 1. The van der Waals surface area contributed by atoms with Gasteiger partial charge in [0.15, 0.2) is 5.78 Å². The quantitative estimate of drug-likeness (QED) is 0.812. The highest BCUT2D eigenvalue weighted by molar-refractivity contribution is 5.97. The van der Waals surface area contributed by atoms with Gasteiger partial charge in [0.05, 0.1) is 5.69 Å². The monoisotopic (exact) mass is 232 g/mol. The molecule has 1 N–H and O–H groups in total. The number of hydrogen-bond donors (Lipinski definition) is 1. The number of nitrogens with zero attached hydrogens (tertiary/aromatic N) is 1. The predicted molar refractivity (Wildman–Crippen MR) is 67.2 cm³/mol. The summed E-state index contributed by atoms with van der Waals surface area (Å²) in [5.74, 6) is 0.685. The summed E-state index contributed by atoms with van der Waals surface area (Å²) in [4.78, 5) is 12.3. The lowest BCUT2D eigenvalue weighted by molar-refractivity contribution is 0.0841. The number of carbonyl (C=O) groups is 1. The van der Waals surface area contributed by atoms with E-state index in [1.807, 2.05) is 12.1 Å². The summed E-state index contributed by atoms with van der Waals surface area (Å²) >= 11 is 0. The van der Waals surface area contributed by atoms with Crippen LogP contribution in [-0.2, 0) is 0 Å². The number of nitrogens with one attached hydrogen (secondary N) is 1. The van der Waals surface area contributed by atoms with E-state index in [0.717, 1.165) is 44.5 Å². The van der Waals surface area contributed by atoms with Crippen LogP contribution in [0, 0.1) is 5.92 Å². The summed E-state index contributed by atoms with van der Waals surface area (Å²) in [5, 5.41) is 3.37. The smallest absolute Gasteiger partial charge is 0.182 e. The maximum absolute atomic E-state index is 12.3. The lowest BCUT2D eigenvalue weighted by Crippen LogP contribution is -2.31. The molecule has 3 heteroatoms. The van der Waals surface area contributed by atoms with Gasteiger partial charge >= 0.3 is 0 Å². The minimum absolute atomic E-state index is 0.311. The molecule has 17 heavy (non-hydrogen) atoms. The molecule has 1 aliphatic carbocycles. The molecule has 0 radical (unpaired) electrons. The molecule has 92 valence electrons. The van der Waals surface area contributed by atoms with E-state index in [2.05, 4.69) is 16.1 Å². The summed E-state index contributed by atoms with van der Waals surface area (Å²) in [6, 6.07) is 4.54. The van der Waals surface area contributed by atoms with Gasteiger partial charge in [-0.25, -0.2) is 0 Å². The Morgan fingerprint density at radius 1 is 1.24 bits per heavy atom. The second-order valence-electron chi connectivity index (χ2n) is 5.27. The summed E-state index contributed by atoms with van der Waals surface area (Å²) in [6.07, 6.45) is 7.78. The van der Waals surface area contributed by atoms with Gasteiger partial charge in [-0.3, -0.25) is 4.79 Å². The second kappa shape index (κ2) is 4.65. The van der Waals surface area contributed by atoms with Gasteiger partial charge in [-0.15, -0.1) is 0 Å². The molecule has 0 atom stereocenters. The minimum atomic E-state index is 0.311. The van der Waals surface area contributed by atoms with Crippen LogP contribution in [-0.4, -0.2) is 23.4 Å². The number of rotatable bonds is 3. The molecule has 1 aliphatic heterocycles. The highest BCUT2D eigenvalue weighted by Crippen LogP contribution is 2.31. The van der Waals surface area contributed by atoms with Gasteiger partial charge in [0.2, 0.25) is 0 Å². The minimum Gasteiger partial charge on any atom is -0.342 e. The third-order valence-corrected chi connectivity index (χ3v) is 4.21. The molecular weight excluding hydrogens is 212 g/mol. The van der Waals surface area contributed by atoms with Gasteiger partial charge in [-0.1, -0.05) is 6.42 Å². The summed E-state index contributed by atoms with van der Waals surface area (Å²) in [5.41, 5.74) is 0.946. The van der Waals surface area contributed by atoms with Crippen LogP contribution < -0.4 is 5.32 Å². The third-order valence-electron chi connectivity index (χ3n) is 4.21. The first-order valence-corrected chi connectivity index (χ1v) is 6.78. The molecule has 3 nitrogen and oxygen atoms in total. The fourth-order valence-corrected chi connectivity index (χ4v) is 2.89. The Kier molecular flexibility index (Phi) is 3.02. The van der Waals surface area contributed by atoms with Crippen LogP contribution in [0.25, 0.3) is 0 Å². The van der Waals surface area contributed by atoms with Gasteiger partial charge in [0.1, 0.15) is 0 Å². The molecule has 1 saturated carbocycles. The zero-order valence-corrected chi connectivity index (χ0v) is 10.2. The predicted octanol–water partition coefficient (Wildman–Crippen LogP) is 2.40. The first-order chi connectivity index (χ1) is 8.36. The van der Waals surface area contributed by atoms with Crippen LogP contribution in [0.1, 0.15) is 48.6 Å². The fraction of sp³-hybridized carbons (Fsp3) is 0.643. The average Bonchev–Trinajstić information content (AvgIpc) is 2.76. The maximum Gasteiger partial charge on any atom is 0.182 e. The van der Waals surface area contributed by atoms with Crippen molar-refractivity contribution >= 4 is 5.78 Å². The van der Waals surface area contributed by atoms with E-state index in [1.54, 1.807) is 0 Å². The van der Waals surface area contributed by atoms with Crippen LogP contribution in [0.5, 0.6) is 0 Å². The van der Waals surface area contributed by atoms with E-state index in [9.17, 15) is 4.79 Å². The van der Waals surface area contributed by atoms with E-state index in [-0.39, 0.29) is 0 Å². The molecule has 2 aliphatic rings. The van der Waals surface area contributed by atoms with Crippen molar-refractivity contribution in [3.63, 3.8) is 0 Å². The standard InChI is InChI=1S/C14H20N2O/c17-14(11-3-1-4-11)13-5-2-10-16(13)12-6-8-15-9-7-12/h2,5,10-12,15H,1,3-4,6-9H2. The van der Waals surface area contributed by atoms with Crippen molar-refractivity contribution in [3.05, 3.63) is 24.0 Å². The van der Waals surface area contributed by atoms with Gasteiger partial charge < -0.3 is 9.88 Å². The van der Waals surface area contributed by atoms with Crippen molar-refractivity contribution in [2.45, 2.75) is 38.1 Å². The van der Waals surface area contributed by atoms with Crippen LogP contribution in [0.2, 0.25) is 0 Å². The number of hydrogen-bond acceptors (Lipinski definition) is 2. The highest BCUT2D eigenvalue weighted by atomic mass is 16.1. The SMILES string of the molecule is O=C(c1cccn1C1CCNCC1)C1CCC1. The summed E-state index contributed by atoms with van der Waals surface area (Å²) in [6.45, 7) is 2.14. The van der Waals surface area contributed by atoms with Crippen LogP contribution in [0.15, 0.2) is 18.3 Å². The average molecular weight is 232 g/mol. The molecule has 2 heterocycles. The van der Waals surface area contributed by atoms with Crippen molar-refractivity contribution < 1.29 is 4.79 Å². The Balaban J connectivity index is 1.80. The molecule has 0 spiro atoms. The van der Waals surface area contributed by atoms with Crippen molar-refractivity contribution in [1.82, 2.24) is 9.88 Å². The molecule has 2 fully saturated rings. The van der Waals surface area contributed by atoms with E-state index in [0.29, 0.717) is 17.7 Å². The number of aromatic nitrogens is 1. The van der Waals surface area contributed by atoms with Crippen molar-refractivity contribution in [3.8, 4) is 0 Å². The molecule has 0 bridgehead atoms. The first kappa shape index (κ1) is 11.0. The fourth-order valence-electron chi connectivity index (χ4n) is 2.89. The second-order valence-corrected chi connectivity index (χ2v) is 5.27. The summed E-state index contributed by atoms with van der Waals surface area (Å²) < 4.78 is 2.22. The largest absolute Gasteiger partial charge is 0.342 e. The van der Waals surface area contributed by atoms with Crippen molar-refractivity contribution in [2.75, 3.05) is 13.1 Å². The van der Waals surface area contributed by atoms with E-state index >= 15 is 0 Å². The molecule has 1 aromatic rings. The summed E-state index contributed by atoms with van der Waals surface area (Å²) in [7, 11) is 0. The van der Waals surface area contributed by atoms with Crippen LogP contribution in [0.4, 0.5) is 0 Å². The Morgan fingerprint density at radius 2 is 2.00 bits per heavy atom. The van der Waals surface area contributed by atoms with Crippen LogP contribution in [0.3, 0.4) is 0 Å². The van der Waals surface area contributed by atoms with Gasteiger partial charge in [-0.05, 0) is 50.9 Å². The normalized spacial score (nSPS) is 22.4. The van der Waals surface area contributed by atoms with Crippen LogP contribution >= 0.6 is 0 Å². The number of ketones is 1. The van der Waals surface area contributed by atoms with Crippen molar-refractivity contribution in [2.24, 2.45) is 5.92 Å². The lowest BCUT2D eigenvalue weighted by atomic mass is 9.81. The molecule has 1 aromatic heterocycles. The molecule has 3 rings (SSSR count). The molecule has 0 unspecified atom stereocenters. The van der Waals surface area contributed by atoms with Gasteiger partial charge in [0.25, 0.3) is 0 Å². The third kappa shape index (κ3) is 2.04. The van der Waals surface area contributed by atoms with E-state index in [4.69, 9.17) is 0 Å². The van der Waals surface area contributed by atoms with Gasteiger partial charge in [0, 0.05) is 18.2 Å². The van der Waals surface area contributed by atoms with Gasteiger partial charge in [-0.2, -0.15) is 0 Å². The lowest BCUT2D eigenvalue weighted by Gasteiger charge is -2.28. The molecule has 0 aromatic carbocycles. The van der Waals surface area contributed by atoms with E-state index < -0.39 is 0 Å². The Morgan fingerprint density at radius 3 is 2.65 bits per heavy atom. The maximum atomic E-state index is 12.3. The molecule has 0 amide bonds. The number of Topliss-reactive ketones (excluding diaryl/α,β-unsaturated/α-hetero) is 1. The van der Waals surface area contributed by atoms with Crippen molar-refractivity contribution in [1.29, 1.82) is 0 Å². The Labute approximate surface area is 102 Å². The number of carbonyl (C=O) groups excluding carboxylic acids is 1. The first-order valence-electron chi connectivity index (χ1n) is 6.78.